The molecule has 1 unspecified atom stereocenters. The summed E-state index contributed by atoms with van der Waals surface area (Å²) in [5.74, 6) is 0.891. The standard InChI is InChI=1S/C12H22N2.CO2/c1-4-12(13-2)6-5-11-7-9-14(3)10-8-11;2-1-3/h11-12H,4-10H2,1,3H3;. The Hall–Kier alpha value is -1.17. The van der Waals surface area contributed by atoms with Crippen LogP contribution in [0.4, 0.5) is 0 Å². The summed E-state index contributed by atoms with van der Waals surface area (Å²) in [6, 6.07) is 0.287. The Morgan fingerprint density at radius 1 is 1.41 bits per heavy atom. The van der Waals surface area contributed by atoms with Crippen molar-refractivity contribution >= 4 is 6.15 Å². The molecule has 96 valence electrons. The average Bonchev–Trinajstić information content (AvgIpc) is 2.34. The van der Waals surface area contributed by atoms with Crippen LogP contribution in [-0.2, 0) is 9.59 Å². The van der Waals surface area contributed by atoms with E-state index in [1.54, 1.807) is 0 Å². The Morgan fingerprint density at radius 3 is 2.35 bits per heavy atom. The second-order valence-electron chi connectivity index (χ2n) is 4.60. The maximum Gasteiger partial charge on any atom is 0.373 e. The predicted molar refractivity (Wildman–Crippen MR) is 65.1 cm³/mol. The van der Waals surface area contributed by atoms with Crippen LogP contribution in [0.5, 0.6) is 0 Å². The molecule has 1 fully saturated rings. The molecule has 4 nitrogen and oxygen atoms in total. The second-order valence-corrected chi connectivity index (χ2v) is 4.60. The molecule has 1 atom stereocenters. The Morgan fingerprint density at radius 2 is 1.94 bits per heavy atom. The van der Waals surface area contributed by atoms with Crippen LogP contribution in [0.25, 0.3) is 4.85 Å². The molecular formula is C13H22N2O2. The third-order valence-electron chi connectivity index (χ3n) is 3.40. The Kier molecular flexibility index (Phi) is 9.33. The predicted octanol–water partition coefficient (Wildman–Crippen LogP) is 2.22. The molecule has 0 saturated carbocycles. The molecule has 0 aromatic heterocycles. The zero-order valence-electron chi connectivity index (χ0n) is 10.8. The number of hydrogen-bond acceptors (Lipinski definition) is 3. The van der Waals surface area contributed by atoms with E-state index in [1.165, 1.54) is 32.4 Å². The minimum atomic E-state index is 0.250. The van der Waals surface area contributed by atoms with Gasteiger partial charge in [-0.05, 0) is 45.3 Å². The molecule has 0 bridgehead atoms. The van der Waals surface area contributed by atoms with Crippen molar-refractivity contribution in [1.82, 2.24) is 4.90 Å². The highest BCUT2D eigenvalue weighted by molar-refractivity contribution is 5.20. The monoisotopic (exact) mass is 238 g/mol. The maximum atomic E-state index is 8.12. The maximum absolute atomic E-state index is 8.12. The van der Waals surface area contributed by atoms with Gasteiger partial charge in [-0.25, -0.2) is 6.57 Å². The topological polar surface area (TPSA) is 41.7 Å². The van der Waals surface area contributed by atoms with Crippen LogP contribution in [0.3, 0.4) is 0 Å². The number of piperidine rings is 1. The first kappa shape index (κ1) is 15.8. The highest BCUT2D eigenvalue weighted by Gasteiger charge is 2.19. The normalized spacial score (nSPS) is 18.4. The van der Waals surface area contributed by atoms with Gasteiger partial charge in [0.2, 0.25) is 6.04 Å². The van der Waals surface area contributed by atoms with Gasteiger partial charge in [0.25, 0.3) is 0 Å². The fraction of sp³-hybridized carbons (Fsp3) is 0.846. The summed E-state index contributed by atoms with van der Waals surface area (Å²) in [5.41, 5.74) is 0. The number of likely N-dealkylation sites (tertiary alicyclic amines) is 1. The Balaban J connectivity index is 0.000000770. The Bertz CT molecular complexity index is 259. The smallest absolute Gasteiger partial charge is 0.314 e. The quantitative estimate of drug-likeness (QED) is 0.705. The highest BCUT2D eigenvalue weighted by Crippen LogP contribution is 2.22. The zero-order chi connectivity index (χ0) is 13.1. The zero-order valence-corrected chi connectivity index (χ0v) is 10.8. The summed E-state index contributed by atoms with van der Waals surface area (Å²) >= 11 is 0. The van der Waals surface area contributed by atoms with Gasteiger partial charge in [0.1, 0.15) is 0 Å². The fourth-order valence-electron chi connectivity index (χ4n) is 2.14. The largest absolute Gasteiger partial charge is 0.373 e. The summed E-state index contributed by atoms with van der Waals surface area (Å²) in [6.07, 6.45) is 6.34. The first-order chi connectivity index (χ1) is 8.17. The van der Waals surface area contributed by atoms with E-state index < -0.39 is 0 Å². The van der Waals surface area contributed by atoms with Crippen molar-refractivity contribution in [2.45, 2.75) is 45.1 Å². The molecule has 0 aromatic rings. The van der Waals surface area contributed by atoms with Crippen LogP contribution in [-0.4, -0.2) is 37.2 Å². The third-order valence-corrected chi connectivity index (χ3v) is 3.40. The van der Waals surface area contributed by atoms with E-state index in [-0.39, 0.29) is 12.2 Å². The van der Waals surface area contributed by atoms with Gasteiger partial charge < -0.3 is 9.74 Å². The first-order valence-corrected chi connectivity index (χ1v) is 6.22. The van der Waals surface area contributed by atoms with Crippen molar-refractivity contribution in [3.05, 3.63) is 11.4 Å². The number of hydrogen-bond donors (Lipinski definition) is 0. The number of rotatable bonds is 4. The van der Waals surface area contributed by atoms with E-state index in [1.807, 2.05) is 0 Å². The number of carbonyl (C=O) groups excluding carboxylic acids is 2. The summed E-state index contributed by atoms with van der Waals surface area (Å²) in [4.78, 5) is 22.3. The van der Waals surface area contributed by atoms with Crippen LogP contribution in [0.15, 0.2) is 0 Å². The summed E-state index contributed by atoms with van der Waals surface area (Å²) < 4.78 is 0. The van der Waals surface area contributed by atoms with Gasteiger partial charge in [0.15, 0.2) is 0 Å². The minimum Gasteiger partial charge on any atom is -0.314 e. The van der Waals surface area contributed by atoms with Crippen molar-refractivity contribution in [3.8, 4) is 0 Å². The molecule has 17 heavy (non-hydrogen) atoms. The van der Waals surface area contributed by atoms with E-state index in [9.17, 15) is 0 Å². The summed E-state index contributed by atoms with van der Waals surface area (Å²) in [7, 11) is 2.20. The van der Waals surface area contributed by atoms with E-state index in [2.05, 4.69) is 23.7 Å². The third kappa shape index (κ3) is 7.68. The van der Waals surface area contributed by atoms with Crippen LogP contribution in [0, 0.1) is 12.5 Å². The number of nitrogens with zero attached hydrogens (tertiary/aromatic N) is 2. The molecule has 1 rings (SSSR count). The molecule has 0 N–H and O–H groups in total. The van der Waals surface area contributed by atoms with E-state index in [0.29, 0.717) is 0 Å². The first-order valence-electron chi connectivity index (χ1n) is 6.22. The van der Waals surface area contributed by atoms with Gasteiger partial charge >= 0.3 is 6.15 Å². The van der Waals surface area contributed by atoms with Crippen molar-refractivity contribution in [2.24, 2.45) is 5.92 Å². The minimum absolute atomic E-state index is 0.250. The van der Waals surface area contributed by atoms with Gasteiger partial charge in [0, 0.05) is 12.8 Å². The lowest BCUT2D eigenvalue weighted by Crippen LogP contribution is -2.30. The van der Waals surface area contributed by atoms with E-state index in [0.717, 1.165) is 18.8 Å². The SMILES string of the molecule is O=C=O.[C-]#[N+]C(CC)CCC1CCN(C)CC1. The molecular weight excluding hydrogens is 216 g/mol. The van der Waals surface area contributed by atoms with E-state index in [4.69, 9.17) is 16.2 Å². The van der Waals surface area contributed by atoms with Gasteiger partial charge in [-0.1, -0.05) is 6.92 Å². The molecule has 1 aliphatic rings. The van der Waals surface area contributed by atoms with Crippen molar-refractivity contribution in [2.75, 3.05) is 20.1 Å². The average molecular weight is 238 g/mol. The van der Waals surface area contributed by atoms with E-state index >= 15 is 0 Å². The van der Waals surface area contributed by atoms with Gasteiger partial charge in [-0.3, -0.25) is 0 Å². The van der Waals surface area contributed by atoms with Crippen molar-refractivity contribution in [3.63, 3.8) is 0 Å². The van der Waals surface area contributed by atoms with Gasteiger partial charge in [-0.2, -0.15) is 9.59 Å². The molecule has 1 heterocycles. The van der Waals surface area contributed by atoms with Crippen LogP contribution < -0.4 is 0 Å². The summed E-state index contributed by atoms with van der Waals surface area (Å²) in [6.45, 7) is 11.6. The second kappa shape index (κ2) is 10.0. The molecule has 0 amide bonds. The molecule has 1 aliphatic heterocycles. The van der Waals surface area contributed by atoms with Crippen molar-refractivity contribution < 1.29 is 9.59 Å². The van der Waals surface area contributed by atoms with Gasteiger partial charge in [0.05, 0.1) is 0 Å². The van der Waals surface area contributed by atoms with Crippen LogP contribution in [0.1, 0.15) is 39.0 Å². The lowest BCUT2D eigenvalue weighted by Gasteiger charge is -2.28. The van der Waals surface area contributed by atoms with Crippen molar-refractivity contribution in [1.29, 1.82) is 0 Å². The van der Waals surface area contributed by atoms with Crippen LogP contribution in [0.2, 0.25) is 0 Å². The lowest BCUT2D eigenvalue weighted by molar-refractivity contribution is -0.191. The molecule has 1 saturated heterocycles. The highest BCUT2D eigenvalue weighted by atomic mass is 16.2. The summed E-state index contributed by atoms with van der Waals surface area (Å²) in [5, 5.41) is 0. The van der Waals surface area contributed by atoms with Crippen LogP contribution >= 0.6 is 0 Å². The van der Waals surface area contributed by atoms with Gasteiger partial charge in [-0.15, -0.1) is 0 Å². The molecule has 0 spiro atoms. The molecule has 0 aliphatic carbocycles. The molecule has 4 heteroatoms. The molecule has 0 radical (unpaired) electrons. The molecule has 0 aromatic carbocycles. The fourth-order valence-corrected chi connectivity index (χ4v) is 2.14. The lowest BCUT2D eigenvalue weighted by atomic mass is 9.90. The Labute approximate surface area is 104 Å².